The van der Waals surface area contributed by atoms with Crippen LogP contribution in [0.2, 0.25) is 0 Å². The van der Waals surface area contributed by atoms with E-state index in [0.717, 1.165) is 61.8 Å². The van der Waals surface area contributed by atoms with E-state index in [1.807, 2.05) is 63.2 Å². The lowest BCUT2D eigenvalue weighted by Gasteiger charge is -2.22. The molecular formula is C51H68N4O8. The molecule has 2 atom stereocenters. The second kappa shape index (κ2) is 26.5. The van der Waals surface area contributed by atoms with Gasteiger partial charge in [-0.2, -0.15) is 0 Å². The number of anilines is 1. The highest BCUT2D eigenvalue weighted by atomic mass is 16.6. The molecule has 0 bridgehead atoms. The van der Waals surface area contributed by atoms with Crippen LogP contribution in [0.25, 0.3) is 11.1 Å². The van der Waals surface area contributed by atoms with Gasteiger partial charge in [0.25, 0.3) is 0 Å². The zero-order valence-electron chi connectivity index (χ0n) is 38.3. The summed E-state index contributed by atoms with van der Waals surface area (Å²) in [6, 6.07) is 20.3. The molecule has 63 heavy (non-hydrogen) atoms. The summed E-state index contributed by atoms with van der Waals surface area (Å²) in [4.78, 5) is 27.2. The third-order valence-electron chi connectivity index (χ3n) is 10.7. The van der Waals surface area contributed by atoms with E-state index in [4.69, 9.17) is 18.9 Å². The van der Waals surface area contributed by atoms with Gasteiger partial charge in [-0.3, -0.25) is 10.1 Å². The number of carbonyl (C=O) groups excluding carboxylic acids is 1. The fourth-order valence-corrected chi connectivity index (χ4v) is 7.00. The molecule has 0 heterocycles. The number of benzene rings is 4. The second-order valence-electron chi connectivity index (χ2n) is 16.3. The molecule has 0 spiro atoms. The molecule has 1 N–H and O–H groups in total. The summed E-state index contributed by atoms with van der Waals surface area (Å²) in [5.41, 5.74) is 2.36. The van der Waals surface area contributed by atoms with Gasteiger partial charge in [0.15, 0.2) is 5.75 Å². The molecule has 4 rings (SSSR count). The summed E-state index contributed by atoms with van der Waals surface area (Å²) in [7, 11) is 3.68. The highest BCUT2D eigenvalue weighted by molar-refractivity contribution is 5.92. The molecule has 4 aromatic carbocycles. The van der Waals surface area contributed by atoms with Crippen molar-refractivity contribution in [2.45, 2.75) is 136 Å². The summed E-state index contributed by atoms with van der Waals surface area (Å²) < 4.78 is 24.2. The van der Waals surface area contributed by atoms with E-state index in [0.29, 0.717) is 24.5 Å². The molecular weight excluding hydrogens is 797 g/mol. The number of esters is 1. The topological polar surface area (TPSA) is 145 Å². The fraction of sp³-hybridized carbons (Fsp3) is 0.471. The average molecular weight is 865 g/mol. The Kier molecular flexibility index (Phi) is 21.0. The van der Waals surface area contributed by atoms with Gasteiger partial charge >= 0.3 is 11.7 Å². The third-order valence-corrected chi connectivity index (χ3v) is 10.7. The van der Waals surface area contributed by atoms with Crippen LogP contribution < -0.4 is 23.8 Å². The first-order valence-corrected chi connectivity index (χ1v) is 22.7. The second-order valence-corrected chi connectivity index (χ2v) is 16.3. The van der Waals surface area contributed by atoms with E-state index in [2.05, 4.69) is 30.7 Å². The Morgan fingerprint density at radius 2 is 1.30 bits per heavy atom. The van der Waals surface area contributed by atoms with Crippen molar-refractivity contribution >= 4 is 28.7 Å². The lowest BCUT2D eigenvalue weighted by Crippen LogP contribution is -2.15. The molecule has 0 aliphatic heterocycles. The Morgan fingerprint density at radius 3 is 1.92 bits per heavy atom. The van der Waals surface area contributed by atoms with Gasteiger partial charge in [-0.15, -0.1) is 16.8 Å². The van der Waals surface area contributed by atoms with E-state index >= 15 is 0 Å². The van der Waals surface area contributed by atoms with Crippen molar-refractivity contribution in [1.82, 2.24) is 0 Å². The highest BCUT2D eigenvalue weighted by Gasteiger charge is 2.25. The van der Waals surface area contributed by atoms with E-state index in [1.165, 1.54) is 63.1 Å². The van der Waals surface area contributed by atoms with Crippen molar-refractivity contribution in [2.24, 2.45) is 10.2 Å². The number of phenols is 1. The third kappa shape index (κ3) is 16.4. The first-order chi connectivity index (χ1) is 30.4. The summed E-state index contributed by atoms with van der Waals surface area (Å²) in [6.07, 6.45) is 17.7. The van der Waals surface area contributed by atoms with Crippen molar-refractivity contribution in [3.63, 3.8) is 0 Å². The van der Waals surface area contributed by atoms with Crippen molar-refractivity contribution < 1.29 is 33.8 Å². The van der Waals surface area contributed by atoms with Crippen LogP contribution in [0.3, 0.4) is 0 Å². The van der Waals surface area contributed by atoms with Gasteiger partial charge in [-0.05, 0) is 81.3 Å². The minimum Gasteiger partial charge on any atom is -0.506 e. The Labute approximate surface area is 374 Å². The molecule has 0 saturated carbocycles. The predicted octanol–water partition coefficient (Wildman–Crippen LogP) is 14.7. The first kappa shape index (κ1) is 49.7. The van der Waals surface area contributed by atoms with Crippen LogP contribution in [0.4, 0.5) is 22.7 Å². The Hall–Kier alpha value is -5.91. The first-order valence-electron chi connectivity index (χ1n) is 22.7. The number of azo groups is 1. The Balaban J connectivity index is 1.54. The van der Waals surface area contributed by atoms with Crippen LogP contribution in [-0.2, 0) is 0 Å². The molecule has 0 radical (unpaired) electrons. The smallest absolute Gasteiger partial charge is 0.343 e. The number of hydrogen-bond donors (Lipinski definition) is 1. The minimum absolute atomic E-state index is 0.0716. The molecule has 12 nitrogen and oxygen atoms in total. The lowest BCUT2D eigenvalue weighted by atomic mass is 10.0. The largest absolute Gasteiger partial charge is 0.506 e. The van der Waals surface area contributed by atoms with Crippen molar-refractivity contribution in [3.8, 4) is 39.9 Å². The maximum absolute atomic E-state index is 13.6. The molecule has 340 valence electrons. The number of carbonyl (C=O) groups is 1. The van der Waals surface area contributed by atoms with E-state index in [-0.39, 0.29) is 46.4 Å². The molecule has 0 unspecified atom stereocenters. The molecule has 4 aromatic rings. The van der Waals surface area contributed by atoms with Crippen LogP contribution in [0.5, 0.6) is 28.7 Å². The predicted molar refractivity (Wildman–Crippen MR) is 253 cm³/mol. The van der Waals surface area contributed by atoms with Gasteiger partial charge in [0.05, 0.1) is 41.1 Å². The molecule has 0 aromatic heterocycles. The number of aromatic hydroxyl groups is 1. The van der Waals surface area contributed by atoms with Gasteiger partial charge in [-0.1, -0.05) is 108 Å². The van der Waals surface area contributed by atoms with Crippen LogP contribution in [-0.4, -0.2) is 48.9 Å². The maximum Gasteiger partial charge on any atom is 0.343 e. The molecule has 0 aliphatic carbocycles. The SMILES string of the molecule is C=CCC[C@H](C)Oc1cc(/N=N/c2cc(OC(=O)c3ccc(-c4ccc(OCCCCCCCCCC)cc4)cc3)c([N+](=O)[O-])cc2O[C@@H](C)CCCCCC)c(O)cc1N(C)C. The zero-order chi connectivity index (χ0) is 45.6. The van der Waals surface area contributed by atoms with Crippen LogP contribution in [0, 0.1) is 10.1 Å². The molecule has 0 amide bonds. The van der Waals surface area contributed by atoms with Crippen LogP contribution in [0.1, 0.15) is 134 Å². The molecule has 0 aliphatic rings. The van der Waals surface area contributed by atoms with Crippen molar-refractivity contribution in [2.75, 3.05) is 25.6 Å². The number of hydrogen-bond acceptors (Lipinski definition) is 11. The molecule has 12 heteroatoms. The number of ether oxygens (including phenoxy) is 4. The van der Waals surface area contributed by atoms with E-state index < -0.39 is 16.6 Å². The minimum atomic E-state index is -0.792. The summed E-state index contributed by atoms with van der Waals surface area (Å²) in [5, 5.41) is 32.2. The normalized spacial score (nSPS) is 12.2. The Bertz CT molecular complexity index is 2070. The van der Waals surface area contributed by atoms with Gasteiger partial charge < -0.3 is 29.0 Å². The van der Waals surface area contributed by atoms with E-state index in [9.17, 15) is 20.0 Å². The van der Waals surface area contributed by atoms with Crippen LogP contribution in [0.15, 0.2) is 95.7 Å². The van der Waals surface area contributed by atoms with Gasteiger partial charge in [0.1, 0.15) is 28.6 Å². The van der Waals surface area contributed by atoms with Crippen LogP contribution >= 0.6 is 0 Å². The monoisotopic (exact) mass is 865 g/mol. The number of unbranched alkanes of at least 4 members (excludes halogenated alkanes) is 10. The number of rotatable bonds is 29. The number of nitro groups is 1. The maximum atomic E-state index is 13.6. The number of nitro benzene ring substituents is 1. The summed E-state index contributed by atoms with van der Waals surface area (Å²) in [6.45, 7) is 12.7. The van der Waals surface area contributed by atoms with E-state index in [1.54, 1.807) is 30.3 Å². The molecule has 0 fully saturated rings. The fourth-order valence-electron chi connectivity index (χ4n) is 7.00. The van der Waals surface area contributed by atoms with Gasteiger partial charge in [0, 0.05) is 32.3 Å². The van der Waals surface area contributed by atoms with Crippen molar-refractivity contribution in [3.05, 3.63) is 101 Å². The zero-order valence-corrected chi connectivity index (χ0v) is 38.3. The molecule has 0 saturated heterocycles. The summed E-state index contributed by atoms with van der Waals surface area (Å²) >= 11 is 0. The number of nitrogens with zero attached hydrogens (tertiary/aromatic N) is 4. The number of allylic oxidation sites excluding steroid dienone is 1. The lowest BCUT2D eigenvalue weighted by molar-refractivity contribution is -0.385. The Morgan fingerprint density at radius 1 is 0.746 bits per heavy atom. The average Bonchev–Trinajstić information content (AvgIpc) is 3.27. The standard InChI is InChI=1S/C51H68N4O8/c1-8-11-14-16-17-18-19-21-32-60-42-30-28-40(29-31-42)39-24-26-41(27-25-39)51(57)63-50-34-44(48(36-46(50)55(58)59)61-38(5)23-20-15-12-9-2)53-52-43-33-49(62-37(4)22-13-10-3)45(54(6)7)35-47(43)56/h10,24-31,33-38,56H,3,8-9,11-23,32H2,1-2,4-7H3/b53-52+/t37-,38-/m0/s1. The van der Waals surface area contributed by atoms with Crippen molar-refractivity contribution in [1.29, 1.82) is 0 Å². The summed E-state index contributed by atoms with van der Waals surface area (Å²) in [5.74, 6) is 0.0971. The van der Waals surface area contributed by atoms with Gasteiger partial charge in [0.2, 0.25) is 5.75 Å². The quantitative estimate of drug-likeness (QED) is 0.0107. The van der Waals surface area contributed by atoms with Gasteiger partial charge in [-0.25, -0.2) is 4.79 Å². The highest BCUT2D eigenvalue weighted by Crippen LogP contribution is 2.44. The number of phenolic OH excluding ortho intramolecular Hbond substituents is 1.